The highest BCUT2D eigenvalue weighted by Gasteiger charge is 2.40. The van der Waals surface area contributed by atoms with Gasteiger partial charge in [-0.05, 0) is 80.4 Å². The van der Waals surface area contributed by atoms with Gasteiger partial charge in [0.2, 0.25) is 0 Å². The Kier molecular flexibility index (Phi) is 6.79. The molecule has 2 atom stereocenters. The van der Waals surface area contributed by atoms with Gasteiger partial charge in [-0.3, -0.25) is 9.69 Å². The van der Waals surface area contributed by atoms with Crippen LogP contribution in [0.2, 0.25) is 0 Å². The number of hydrogen-bond acceptors (Lipinski definition) is 4. The molecule has 1 N–H and O–H groups in total. The lowest BCUT2D eigenvalue weighted by Crippen LogP contribution is -2.52. The number of carbonyl (C=O) groups is 1. The van der Waals surface area contributed by atoms with Crippen molar-refractivity contribution in [1.82, 2.24) is 4.90 Å². The monoisotopic (exact) mass is 460 g/mol. The molecule has 3 fully saturated rings. The zero-order valence-corrected chi connectivity index (χ0v) is 20.2. The van der Waals surface area contributed by atoms with Gasteiger partial charge in [-0.15, -0.1) is 0 Å². The largest absolute Gasteiger partial charge is 0.489 e. The number of piperidine rings is 2. The quantitative estimate of drug-likeness (QED) is 0.549. The standard InChI is InChI=1S/C29H36N2O3/c1-2-19-6-10-25(11-7-19)34-28-13-9-21-14-20(8-12-26(21)27(28)17-30)18-31-23-4-3-5-24(31)16-22(15-23)29(32)33/h8-9,12-14,19,22-25H,2-7,10-11,15-16,18H2,1H3,(H,32,33). The van der Waals surface area contributed by atoms with Crippen LogP contribution in [-0.2, 0) is 11.3 Å². The summed E-state index contributed by atoms with van der Waals surface area (Å²) in [5.41, 5.74) is 1.87. The molecule has 5 nitrogen and oxygen atoms in total. The summed E-state index contributed by atoms with van der Waals surface area (Å²) in [5.74, 6) is 0.701. The number of carboxylic acid groups (broad SMARTS) is 1. The molecule has 180 valence electrons. The van der Waals surface area contributed by atoms with Crippen LogP contribution in [0.4, 0.5) is 0 Å². The zero-order valence-electron chi connectivity index (χ0n) is 20.2. The molecule has 0 aromatic heterocycles. The molecule has 2 aromatic carbocycles. The van der Waals surface area contributed by atoms with Gasteiger partial charge in [0.15, 0.2) is 0 Å². The van der Waals surface area contributed by atoms with Crippen molar-refractivity contribution in [1.29, 1.82) is 5.26 Å². The molecule has 2 saturated heterocycles. The molecule has 2 aromatic rings. The normalized spacial score (nSPS) is 29.5. The fourth-order valence-corrected chi connectivity index (χ4v) is 6.66. The average Bonchev–Trinajstić information content (AvgIpc) is 2.84. The summed E-state index contributed by atoms with van der Waals surface area (Å²) in [5, 5.41) is 21.5. The molecule has 0 radical (unpaired) electrons. The molecule has 34 heavy (non-hydrogen) atoms. The lowest BCUT2D eigenvalue weighted by atomic mass is 9.78. The van der Waals surface area contributed by atoms with Crippen LogP contribution in [0.5, 0.6) is 5.75 Å². The number of nitrogens with zero attached hydrogens (tertiary/aromatic N) is 2. The second-order valence-corrected chi connectivity index (χ2v) is 10.7. The third kappa shape index (κ3) is 4.66. The van der Waals surface area contributed by atoms with E-state index >= 15 is 0 Å². The molecule has 5 heteroatoms. The van der Waals surface area contributed by atoms with Crippen LogP contribution in [0.25, 0.3) is 10.8 Å². The number of benzene rings is 2. The first kappa shape index (κ1) is 23.2. The SMILES string of the molecule is CCC1CCC(Oc2ccc3cc(CN4C5CCCC4CC(C(=O)O)C5)ccc3c2C#N)CC1. The van der Waals surface area contributed by atoms with Crippen molar-refractivity contribution in [2.45, 2.75) is 95.9 Å². The summed E-state index contributed by atoms with van der Waals surface area (Å²) in [6.45, 7) is 3.11. The third-order valence-corrected chi connectivity index (χ3v) is 8.66. The van der Waals surface area contributed by atoms with Gasteiger partial charge >= 0.3 is 5.97 Å². The Labute approximate surface area is 202 Å². The van der Waals surface area contributed by atoms with Crippen molar-refractivity contribution >= 4 is 16.7 Å². The van der Waals surface area contributed by atoms with Gasteiger partial charge < -0.3 is 9.84 Å². The van der Waals surface area contributed by atoms with E-state index in [1.807, 2.05) is 6.07 Å². The number of fused-ring (bicyclic) bond motifs is 3. The minimum Gasteiger partial charge on any atom is -0.489 e. The number of hydrogen-bond donors (Lipinski definition) is 1. The van der Waals surface area contributed by atoms with E-state index in [2.05, 4.69) is 42.2 Å². The summed E-state index contributed by atoms with van der Waals surface area (Å²) >= 11 is 0. The van der Waals surface area contributed by atoms with Crippen LogP contribution in [0.3, 0.4) is 0 Å². The Morgan fingerprint density at radius 2 is 1.82 bits per heavy atom. The van der Waals surface area contributed by atoms with E-state index in [4.69, 9.17) is 4.74 Å². The highest BCUT2D eigenvalue weighted by atomic mass is 16.5. The van der Waals surface area contributed by atoms with Crippen LogP contribution < -0.4 is 4.74 Å². The maximum atomic E-state index is 11.6. The van der Waals surface area contributed by atoms with Crippen molar-refractivity contribution in [2.75, 3.05) is 0 Å². The molecule has 2 heterocycles. The predicted octanol–water partition coefficient (Wildman–Crippen LogP) is 6.28. The van der Waals surface area contributed by atoms with Gasteiger partial charge in [-0.1, -0.05) is 38.0 Å². The van der Waals surface area contributed by atoms with Crippen LogP contribution in [0, 0.1) is 23.2 Å². The Hall–Kier alpha value is -2.58. The van der Waals surface area contributed by atoms with E-state index in [1.165, 1.54) is 31.2 Å². The van der Waals surface area contributed by atoms with E-state index in [0.29, 0.717) is 23.4 Å². The molecular weight excluding hydrogens is 424 g/mol. The Bertz CT molecular complexity index is 1070. The summed E-state index contributed by atoms with van der Waals surface area (Å²) in [4.78, 5) is 14.1. The van der Waals surface area contributed by atoms with Gasteiger partial charge in [0.05, 0.1) is 12.0 Å². The van der Waals surface area contributed by atoms with E-state index in [0.717, 1.165) is 61.8 Å². The predicted molar refractivity (Wildman–Crippen MR) is 133 cm³/mol. The lowest BCUT2D eigenvalue weighted by molar-refractivity contribution is -0.146. The third-order valence-electron chi connectivity index (χ3n) is 8.66. The Balaban J connectivity index is 1.33. The van der Waals surface area contributed by atoms with Crippen LogP contribution in [-0.4, -0.2) is 34.2 Å². The van der Waals surface area contributed by atoms with Crippen molar-refractivity contribution in [3.8, 4) is 11.8 Å². The molecule has 2 aliphatic heterocycles. The first-order valence-corrected chi connectivity index (χ1v) is 13.2. The average molecular weight is 461 g/mol. The molecule has 0 amide bonds. The maximum absolute atomic E-state index is 11.6. The summed E-state index contributed by atoms with van der Waals surface area (Å²) < 4.78 is 6.33. The number of ether oxygens (including phenoxy) is 1. The summed E-state index contributed by atoms with van der Waals surface area (Å²) in [7, 11) is 0. The van der Waals surface area contributed by atoms with Gasteiger partial charge in [-0.2, -0.15) is 5.26 Å². The number of nitriles is 1. The van der Waals surface area contributed by atoms with Crippen LogP contribution in [0.15, 0.2) is 30.3 Å². The van der Waals surface area contributed by atoms with Crippen molar-refractivity contribution < 1.29 is 14.6 Å². The highest BCUT2D eigenvalue weighted by molar-refractivity contribution is 5.90. The summed E-state index contributed by atoms with van der Waals surface area (Å²) in [6.07, 6.45) is 10.9. The Morgan fingerprint density at radius 1 is 1.09 bits per heavy atom. The van der Waals surface area contributed by atoms with Crippen molar-refractivity contribution in [2.24, 2.45) is 11.8 Å². The van der Waals surface area contributed by atoms with Gasteiger partial charge in [-0.25, -0.2) is 0 Å². The molecule has 5 rings (SSSR count). The van der Waals surface area contributed by atoms with Crippen molar-refractivity contribution in [3.05, 3.63) is 41.5 Å². The molecule has 1 aliphatic carbocycles. The van der Waals surface area contributed by atoms with Gasteiger partial charge in [0, 0.05) is 24.0 Å². The molecule has 1 saturated carbocycles. The first-order valence-electron chi connectivity index (χ1n) is 13.2. The summed E-state index contributed by atoms with van der Waals surface area (Å²) in [6, 6.07) is 13.6. The van der Waals surface area contributed by atoms with E-state index in [1.54, 1.807) is 0 Å². The zero-order chi connectivity index (χ0) is 23.7. The number of aliphatic carboxylic acids is 1. The number of rotatable bonds is 6. The fourth-order valence-electron chi connectivity index (χ4n) is 6.66. The maximum Gasteiger partial charge on any atom is 0.306 e. The number of carboxylic acids is 1. The molecule has 2 bridgehead atoms. The minimum atomic E-state index is -0.636. The highest BCUT2D eigenvalue weighted by Crippen LogP contribution is 2.39. The van der Waals surface area contributed by atoms with Crippen molar-refractivity contribution in [3.63, 3.8) is 0 Å². The Morgan fingerprint density at radius 3 is 2.47 bits per heavy atom. The molecule has 0 spiro atoms. The van der Waals surface area contributed by atoms with E-state index in [-0.39, 0.29) is 12.0 Å². The van der Waals surface area contributed by atoms with Crippen LogP contribution in [0.1, 0.15) is 82.3 Å². The van der Waals surface area contributed by atoms with E-state index < -0.39 is 5.97 Å². The smallest absolute Gasteiger partial charge is 0.306 e. The molecular formula is C29H36N2O3. The molecule has 3 aliphatic rings. The topological polar surface area (TPSA) is 73.6 Å². The van der Waals surface area contributed by atoms with Gasteiger partial charge in [0.1, 0.15) is 17.4 Å². The van der Waals surface area contributed by atoms with Crippen LogP contribution >= 0.6 is 0 Å². The second kappa shape index (κ2) is 9.96. The second-order valence-electron chi connectivity index (χ2n) is 10.7. The first-order chi connectivity index (χ1) is 16.6. The van der Waals surface area contributed by atoms with E-state index in [9.17, 15) is 15.2 Å². The molecule has 2 unspecified atom stereocenters. The minimum absolute atomic E-state index is 0.197. The van der Waals surface area contributed by atoms with Gasteiger partial charge in [0.25, 0.3) is 0 Å². The fraction of sp³-hybridized carbons (Fsp3) is 0.586. The lowest BCUT2D eigenvalue weighted by Gasteiger charge is -2.48.